The Balaban J connectivity index is 2.71. The molecule has 20 heavy (non-hydrogen) atoms. The zero-order valence-electron chi connectivity index (χ0n) is 11.9. The van der Waals surface area contributed by atoms with Crippen molar-refractivity contribution in [2.24, 2.45) is 0 Å². The van der Waals surface area contributed by atoms with Gasteiger partial charge >= 0.3 is 12.0 Å². The quantitative estimate of drug-likeness (QED) is 0.745. The third-order valence-electron chi connectivity index (χ3n) is 2.92. The summed E-state index contributed by atoms with van der Waals surface area (Å²) in [5.74, 6) is -1.02. The minimum Gasteiger partial charge on any atom is -0.478 e. The van der Waals surface area contributed by atoms with Gasteiger partial charge in [-0.3, -0.25) is 0 Å². The lowest BCUT2D eigenvalue weighted by Crippen LogP contribution is -2.40. The zero-order valence-corrected chi connectivity index (χ0v) is 11.9. The van der Waals surface area contributed by atoms with Crippen LogP contribution in [0.15, 0.2) is 18.2 Å². The molecule has 0 aliphatic carbocycles. The highest BCUT2D eigenvalue weighted by atomic mass is 16.5. The Morgan fingerprint density at radius 3 is 2.65 bits per heavy atom. The second-order valence-electron chi connectivity index (χ2n) is 4.49. The number of aryl methyl sites for hydroxylation is 1. The number of carboxylic acid groups (broad SMARTS) is 1. The predicted molar refractivity (Wildman–Crippen MR) is 76.2 cm³/mol. The van der Waals surface area contributed by atoms with Crippen LogP contribution in [-0.4, -0.2) is 36.9 Å². The van der Waals surface area contributed by atoms with E-state index in [1.54, 1.807) is 26.2 Å². The molecule has 1 rings (SSSR count). The zero-order chi connectivity index (χ0) is 15.1. The van der Waals surface area contributed by atoms with Crippen molar-refractivity contribution in [2.45, 2.75) is 26.3 Å². The van der Waals surface area contributed by atoms with Crippen molar-refractivity contribution in [3.8, 4) is 0 Å². The average Bonchev–Trinajstić information content (AvgIpc) is 2.40. The van der Waals surface area contributed by atoms with Crippen LogP contribution in [0.2, 0.25) is 0 Å². The van der Waals surface area contributed by atoms with Crippen molar-refractivity contribution < 1.29 is 19.4 Å². The molecule has 0 saturated carbocycles. The fourth-order valence-electron chi connectivity index (χ4n) is 1.75. The Hall–Kier alpha value is -2.08. The number of ether oxygens (including phenoxy) is 1. The molecule has 0 aliphatic rings. The number of hydrogen-bond acceptors (Lipinski definition) is 3. The van der Waals surface area contributed by atoms with Crippen LogP contribution in [0.5, 0.6) is 0 Å². The number of benzene rings is 1. The SMILES string of the molecule is CCC(COC)NC(=O)Nc1ccc(C)c(C(=O)O)c1. The van der Waals surface area contributed by atoms with Crippen molar-refractivity contribution >= 4 is 17.7 Å². The molecule has 6 nitrogen and oxygen atoms in total. The molecule has 0 heterocycles. The third kappa shape index (κ3) is 4.55. The first-order valence-corrected chi connectivity index (χ1v) is 6.38. The number of anilines is 1. The Bertz CT molecular complexity index is 488. The number of methoxy groups -OCH3 is 1. The Kier molecular flexibility index (Phi) is 5.99. The molecule has 0 saturated heterocycles. The molecule has 2 amide bonds. The van der Waals surface area contributed by atoms with E-state index in [0.29, 0.717) is 17.9 Å². The second-order valence-corrected chi connectivity index (χ2v) is 4.49. The van der Waals surface area contributed by atoms with Gasteiger partial charge in [0.2, 0.25) is 0 Å². The van der Waals surface area contributed by atoms with Crippen LogP contribution in [0.4, 0.5) is 10.5 Å². The maximum atomic E-state index is 11.8. The van der Waals surface area contributed by atoms with Crippen LogP contribution in [0.3, 0.4) is 0 Å². The molecule has 0 spiro atoms. The fourth-order valence-corrected chi connectivity index (χ4v) is 1.75. The number of carbonyl (C=O) groups is 2. The lowest BCUT2D eigenvalue weighted by molar-refractivity contribution is 0.0696. The molecule has 1 unspecified atom stereocenters. The Morgan fingerprint density at radius 1 is 1.40 bits per heavy atom. The van der Waals surface area contributed by atoms with Crippen LogP contribution in [0.25, 0.3) is 0 Å². The number of carbonyl (C=O) groups excluding carboxylic acids is 1. The first-order chi connectivity index (χ1) is 9.47. The smallest absolute Gasteiger partial charge is 0.336 e. The number of urea groups is 1. The summed E-state index contributed by atoms with van der Waals surface area (Å²) in [5, 5.41) is 14.4. The van der Waals surface area contributed by atoms with Gasteiger partial charge in [-0.15, -0.1) is 0 Å². The standard InChI is InChI=1S/C14H20N2O4/c1-4-10(8-20-3)15-14(19)16-11-6-5-9(2)12(7-11)13(17)18/h5-7,10H,4,8H2,1-3H3,(H,17,18)(H2,15,16,19). The number of aromatic carboxylic acids is 1. The van der Waals surface area contributed by atoms with Crippen molar-refractivity contribution in [1.82, 2.24) is 5.32 Å². The third-order valence-corrected chi connectivity index (χ3v) is 2.92. The number of carboxylic acids is 1. The number of nitrogens with one attached hydrogen (secondary N) is 2. The molecule has 0 aliphatic heterocycles. The van der Waals surface area contributed by atoms with Crippen LogP contribution < -0.4 is 10.6 Å². The van der Waals surface area contributed by atoms with Crippen LogP contribution in [0, 0.1) is 6.92 Å². The van der Waals surface area contributed by atoms with Crippen LogP contribution in [0.1, 0.15) is 29.3 Å². The number of hydrogen-bond donors (Lipinski definition) is 3. The van der Waals surface area contributed by atoms with Gasteiger partial charge in [0.15, 0.2) is 0 Å². The summed E-state index contributed by atoms with van der Waals surface area (Å²) in [7, 11) is 1.57. The number of amides is 2. The van der Waals surface area contributed by atoms with Crippen molar-refractivity contribution in [3.63, 3.8) is 0 Å². The summed E-state index contributed by atoms with van der Waals surface area (Å²) in [4.78, 5) is 22.8. The van der Waals surface area contributed by atoms with Gasteiger partial charge in [-0.05, 0) is 31.0 Å². The maximum Gasteiger partial charge on any atom is 0.336 e. The second kappa shape index (κ2) is 7.49. The molecule has 6 heteroatoms. The average molecular weight is 280 g/mol. The highest BCUT2D eigenvalue weighted by Gasteiger charge is 2.12. The molecule has 0 aromatic heterocycles. The summed E-state index contributed by atoms with van der Waals surface area (Å²) in [6.45, 7) is 4.08. The van der Waals surface area contributed by atoms with E-state index in [2.05, 4.69) is 10.6 Å². The van der Waals surface area contributed by atoms with E-state index in [1.807, 2.05) is 6.92 Å². The highest BCUT2D eigenvalue weighted by molar-refractivity contribution is 5.94. The van der Waals surface area contributed by atoms with Crippen molar-refractivity contribution in [3.05, 3.63) is 29.3 Å². The minimum atomic E-state index is -1.02. The van der Waals surface area contributed by atoms with Gasteiger partial charge in [0, 0.05) is 12.8 Å². The van der Waals surface area contributed by atoms with E-state index < -0.39 is 5.97 Å². The van der Waals surface area contributed by atoms with E-state index in [4.69, 9.17) is 9.84 Å². The lowest BCUT2D eigenvalue weighted by Gasteiger charge is -2.16. The number of rotatable bonds is 6. The molecule has 110 valence electrons. The Morgan fingerprint density at radius 2 is 2.10 bits per heavy atom. The first-order valence-electron chi connectivity index (χ1n) is 6.38. The summed E-state index contributed by atoms with van der Waals surface area (Å²) >= 11 is 0. The van der Waals surface area contributed by atoms with E-state index in [1.165, 1.54) is 6.07 Å². The fraction of sp³-hybridized carbons (Fsp3) is 0.429. The van der Waals surface area contributed by atoms with Gasteiger partial charge in [-0.1, -0.05) is 13.0 Å². The van der Waals surface area contributed by atoms with E-state index in [9.17, 15) is 9.59 Å². The Labute approximate surface area is 118 Å². The summed E-state index contributed by atoms with van der Waals surface area (Å²) in [6, 6.07) is 4.30. The van der Waals surface area contributed by atoms with E-state index in [0.717, 1.165) is 6.42 Å². The summed E-state index contributed by atoms with van der Waals surface area (Å²) < 4.78 is 4.99. The minimum absolute atomic E-state index is 0.0793. The van der Waals surface area contributed by atoms with Gasteiger partial charge in [0.25, 0.3) is 0 Å². The molecular formula is C14H20N2O4. The normalized spacial score (nSPS) is 11.8. The van der Waals surface area contributed by atoms with Gasteiger partial charge in [-0.25, -0.2) is 9.59 Å². The lowest BCUT2D eigenvalue weighted by atomic mass is 10.1. The molecule has 3 N–H and O–H groups in total. The van der Waals surface area contributed by atoms with E-state index >= 15 is 0 Å². The van der Waals surface area contributed by atoms with Gasteiger partial charge < -0.3 is 20.5 Å². The molecule has 0 radical (unpaired) electrons. The first kappa shape index (κ1) is 16.0. The molecule has 1 aromatic rings. The highest BCUT2D eigenvalue weighted by Crippen LogP contribution is 2.15. The molecule has 0 fully saturated rings. The van der Waals surface area contributed by atoms with Gasteiger partial charge in [-0.2, -0.15) is 0 Å². The predicted octanol–water partition coefficient (Wildman–Crippen LogP) is 2.24. The molecule has 1 atom stereocenters. The van der Waals surface area contributed by atoms with Crippen molar-refractivity contribution in [1.29, 1.82) is 0 Å². The topological polar surface area (TPSA) is 87.7 Å². The van der Waals surface area contributed by atoms with Crippen LogP contribution >= 0.6 is 0 Å². The summed E-state index contributed by atoms with van der Waals surface area (Å²) in [6.07, 6.45) is 0.746. The van der Waals surface area contributed by atoms with Crippen LogP contribution in [-0.2, 0) is 4.74 Å². The molecule has 0 bridgehead atoms. The molecular weight excluding hydrogens is 260 g/mol. The summed E-state index contributed by atoms with van der Waals surface area (Å²) in [5.41, 5.74) is 1.26. The monoisotopic (exact) mass is 280 g/mol. The van der Waals surface area contributed by atoms with E-state index in [-0.39, 0.29) is 17.6 Å². The van der Waals surface area contributed by atoms with Crippen molar-refractivity contribution in [2.75, 3.05) is 19.0 Å². The maximum absolute atomic E-state index is 11.8. The largest absolute Gasteiger partial charge is 0.478 e. The van der Waals surface area contributed by atoms with Gasteiger partial charge in [0.1, 0.15) is 0 Å². The molecule has 1 aromatic carbocycles. The van der Waals surface area contributed by atoms with Gasteiger partial charge in [0.05, 0.1) is 18.2 Å².